The average molecular weight is 339 g/mol. The summed E-state index contributed by atoms with van der Waals surface area (Å²) in [6.07, 6.45) is 1.45. The number of hydrogen-bond donors (Lipinski definition) is 1. The maximum absolute atomic E-state index is 12.2. The quantitative estimate of drug-likeness (QED) is 0.503. The van der Waals surface area contributed by atoms with Crippen LogP contribution < -0.4 is 10.1 Å². The third-order valence-electron chi connectivity index (χ3n) is 3.05. The summed E-state index contributed by atoms with van der Waals surface area (Å²) in [7, 11) is 1.18. The van der Waals surface area contributed by atoms with Crippen LogP contribution in [-0.2, 0) is 14.3 Å². The molecule has 0 spiro atoms. The van der Waals surface area contributed by atoms with E-state index in [1.54, 1.807) is 18.2 Å². The van der Waals surface area contributed by atoms with E-state index in [9.17, 15) is 14.4 Å². The first-order valence-electron chi connectivity index (χ1n) is 6.80. The molecule has 0 aliphatic carbocycles. The highest BCUT2D eigenvalue weighted by Gasteiger charge is 2.35. The number of rotatable bonds is 5. The zero-order chi connectivity index (χ0) is 17.0. The van der Waals surface area contributed by atoms with E-state index in [0.29, 0.717) is 22.9 Å². The van der Waals surface area contributed by atoms with E-state index in [0.717, 1.165) is 4.90 Å². The first-order valence-corrected chi connectivity index (χ1v) is 7.17. The number of nitrogens with one attached hydrogen (secondary N) is 1. The number of imide groups is 1. The van der Waals surface area contributed by atoms with Crippen molar-refractivity contribution in [2.75, 3.05) is 20.3 Å². The van der Waals surface area contributed by atoms with Crippen LogP contribution in [0.5, 0.6) is 5.75 Å². The fourth-order valence-electron chi connectivity index (χ4n) is 1.98. The highest BCUT2D eigenvalue weighted by molar-refractivity contribution is 6.30. The van der Waals surface area contributed by atoms with E-state index in [-0.39, 0.29) is 5.70 Å². The zero-order valence-corrected chi connectivity index (χ0v) is 13.3. The van der Waals surface area contributed by atoms with Gasteiger partial charge in [0.25, 0.3) is 5.91 Å². The number of methoxy groups -OCH3 is 1. The SMILES string of the molecule is CCOc1ccc(Cl)cc1/C=C1\NC(=O)N(CC(=O)OC)C1=O. The molecule has 8 heteroatoms. The summed E-state index contributed by atoms with van der Waals surface area (Å²) in [5.41, 5.74) is 0.574. The summed E-state index contributed by atoms with van der Waals surface area (Å²) in [6.45, 7) is 1.81. The first-order chi connectivity index (χ1) is 11.0. The largest absolute Gasteiger partial charge is 0.493 e. The molecule has 1 N–H and O–H groups in total. The van der Waals surface area contributed by atoms with Crippen molar-refractivity contribution in [2.24, 2.45) is 0 Å². The van der Waals surface area contributed by atoms with Crippen LogP contribution in [0, 0.1) is 0 Å². The van der Waals surface area contributed by atoms with Crippen molar-refractivity contribution in [1.82, 2.24) is 10.2 Å². The number of benzene rings is 1. The van der Waals surface area contributed by atoms with Gasteiger partial charge in [-0.2, -0.15) is 0 Å². The molecule has 0 atom stereocenters. The lowest BCUT2D eigenvalue weighted by Crippen LogP contribution is -2.36. The number of esters is 1. The fourth-order valence-corrected chi connectivity index (χ4v) is 2.16. The first kappa shape index (κ1) is 16.8. The Morgan fingerprint density at radius 3 is 2.78 bits per heavy atom. The van der Waals surface area contributed by atoms with Gasteiger partial charge in [-0.05, 0) is 31.2 Å². The van der Waals surface area contributed by atoms with Crippen molar-refractivity contribution in [1.29, 1.82) is 0 Å². The monoisotopic (exact) mass is 338 g/mol. The van der Waals surface area contributed by atoms with Crippen LogP contribution >= 0.6 is 11.6 Å². The Kier molecular flexibility index (Phi) is 5.23. The number of carbonyl (C=O) groups is 3. The van der Waals surface area contributed by atoms with Gasteiger partial charge in [-0.25, -0.2) is 9.69 Å². The summed E-state index contributed by atoms with van der Waals surface area (Å²) in [4.78, 5) is 36.0. The number of ether oxygens (including phenoxy) is 2. The highest BCUT2D eigenvalue weighted by atomic mass is 35.5. The lowest BCUT2D eigenvalue weighted by Gasteiger charge is -2.09. The average Bonchev–Trinajstić information content (AvgIpc) is 2.77. The minimum atomic E-state index is -0.688. The molecule has 1 heterocycles. The van der Waals surface area contributed by atoms with Gasteiger partial charge < -0.3 is 14.8 Å². The molecule has 2 rings (SSSR count). The van der Waals surface area contributed by atoms with Gasteiger partial charge in [-0.1, -0.05) is 11.6 Å². The Morgan fingerprint density at radius 1 is 1.39 bits per heavy atom. The normalized spacial score (nSPS) is 15.8. The van der Waals surface area contributed by atoms with E-state index in [1.165, 1.54) is 13.2 Å². The van der Waals surface area contributed by atoms with Gasteiger partial charge in [0.1, 0.15) is 18.0 Å². The van der Waals surface area contributed by atoms with E-state index in [1.807, 2.05) is 6.92 Å². The van der Waals surface area contributed by atoms with E-state index < -0.39 is 24.5 Å². The summed E-state index contributed by atoms with van der Waals surface area (Å²) >= 11 is 5.96. The van der Waals surface area contributed by atoms with Crippen molar-refractivity contribution >= 4 is 35.6 Å². The van der Waals surface area contributed by atoms with Crippen LogP contribution in [0.3, 0.4) is 0 Å². The molecule has 1 saturated heterocycles. The minimum Gasteiger partial charge on any atom is -0.493 e. The number of halogens is 1. The molecular formula is C15H15ClN2O5. The minimum absolute atomic E-state index is 0.0297. The van der Waals surface area contributed by atoms with Crippen molar-refractivity contribution in [3.8, 4) is 5.75 Å². The molecule has 0 radical (unpaired) electrons. The zero-order valence-electron chi connectivity index (χ0n) is 12.6. The molecule has 7 nitrogen and oxygen atoms in total. The van der Waals surface area contributed by atoms with Gasteiger partial charge in [0.2, 0.25) is 0 Å². The van der Waals surface area contributed by atoms with E-state index in [2.05, 4.69) is 10.1 Å². The summed E-state index contributed by atoms with van der Waals surface area (Å²) < 4.78 is 9.92. The molecular weight excluding hydrogens is 324 g/mol. The van der Waals surface area contributed by atoms with Crippen molar-refractivity contribution in [2.45, 2.75) is 6.92 Å². The Labute approximate surface area is 137 Å². The molecule has 1 aliphatic heterocycles. The molecule has 1 aromatic carbocycles. The van der Waals surface area contributed by atoms with E-state index in [4.69, 9.17) is 16.3 Å². The van der Waals surface area contributed by atoms with E-state index >= 15 is 0 Å². The second-order valence-corrected chi connectivity index (χ2v) is 5.01. The molecule has 1 aliphatic rings. The molecule has 0 unspecified atom stereocenters. The van der Waals surface area contributed by atoms with Crippen LogP contribution in [0.15, 0.2) is 23.9 Å². The number of carbonyl (C=O) groups excluding carboxylic acids is 3. The lowest BCUT2D eigenvalue weighted by molar-refractivity contribution is -0.143. The van der Waals surface area contributed by atoms with Gasteiger partial charge in [0, 0.05) is 10.6 Å². The maximum atomic E-state index is 12.2. The highest BCUT2D eigenvalue weighted by Crippen LogP contribution is 2.26. The number of hydrogen-bond acceptors (Lipinski definition) is 5. The Morgan fingerprint density at radius 2 is 2.13 bits per heavy atom. The summed E-state index contributed by atoms with van der Waals surface area (Å²) in [5, 5.41) is 2.87. The van der Waals surface area contributed by atoms with Gasteiger partial charge in [0.15, 0.2) is 0 Å². The van der Waals surface area contributed by atoms with Crippen molar-refractivity contribution in [3.63, 3.8) is 0 Å². The molecule has 0 bridgehead atoms. The van der Waals surface area contributed by atoms with Crippen LogP contribution in [0.4, 0.5) is 4.79 Å². The lowest BCUT2D eigenvalue weighted by atomic mass is 10.1. The van der Waals surface area contributed by atoms with Crippen LogP contribution in [0.1, 0.15) is 12.5 Å². The molecule has 1 aromatic rings. The van der Waals surface area contributed by atoms with Crippen LogP contribution in [-0.4, -0.2) is 43.1 Å². The van der Waals surface area contributed by atoms with Crippen molar-refractivity contribution in [3.05, 3.63) is 34.5 Å². The number of nitrogens with zero attached hydrogens (tertiary/aromatic N) is 1. The summed E-state index contributed by atoms with van der Waals surface area (Å²) in [5.74, 6) is -0.784. The molecule has 0 aromatic heterocycles. The smallest absolute Gasteiger partial charge is 0.329 e. The van der Waals surface area contributed by atoms with Gasteiger partial charge in [-0.15, -0.1) is 0 Å². The number of amides is 3. The van der Waals surface area contributed by atoms with Gasteiger partial charge >= 0.3 is 12.0 Å². The molecule has 23 heavy (non-hydrogen) atoms. The Balaban J connectivity index is 2.30. The molecule has 0 saturated carbocycles. The maximum Gasteiger partial charge on any atom is 0.329 e. The molecule has 1 fully saturated rings. The molecule has 122 valence electrons. The standard InChI is InChI=1S/C15H15ClN2O5/c1-3-23-12-5-4-10(16)6-9(12)7-11-14(20)18(15(21)17-11)8-13(19)22-2/h4-7H,3,8H2,1-2H3,(H,17,21)/b11-7-. The molecule has 3 amide bonds. The Bertz CT molecular complexity index is 686. The third kappa shape index (κ3) is 3.81. The summed E-state index contributed by atoms with van der Waals surface area (Å²) in [6, 6.07) is 4.26. The van der Waals surface area contributed by atoms with Gasteiger partial charge in [0.05, 0.1) is 13.7 Å². The van der Waals surface area contributed by atoms with Crippen molar-refractivity contribution < 1.29 is 23.9 Å². The topological polar surface area (TPSA) is 84.9 Å². The second-order valence-electron chi connectivity index (χ2n) is 4.57. The van der Waals surface area contributed by atoms with Gasteiger partial charge in [-0.3, -0.25) is 9.59 Å². The Hall–Kier alpha value is -2.54. The predicted molar refractivity (Wildman–Crippen MR) is 82.9 cm³/mol. The number of urea groups is 1. The predicted octanol–water partition coefficient (Wildman–Crippen LogP) is 1.80. The van der Waals surface area contributed by atoms with Crippen LogP contribution in [0.2, 0.25) is 5.02 Å². The third-order valence-corrected chi connectivity index (χ3v) is 3.28. The second kappa shape index (κ2) is 7.15. The fraction of sp³-hybridized carbons (Fsp3) is 0.267. The van der Waals surface area contributed by atoms with Crippen LogP contribution in [0.25, 0.3) is 6.08 Å².